The summed E-state index contributed by atoms with van der Waals surface area (Å²) in [6.45, 7) is 5.30. The van der Waals surface area contributed by atoms with Crippen LogP contribution in [0.2, 0.25) is 0 Å². The van der Waals surface area contributed by atoms with E-state index < -0.39 is 0 Å². The topological polar surface area (TPSA) is 42.7 Å². The van der Waals surface area contributed by atoms with Crippen LogP contribution in [-0.2, 0) is 6.54 Å². The van der Waals surface area contributed by atoms with Crippen molar-refractivity contribution in [2.75, 3.05) is 13.1 Å². The van der Waals surface area contributed by atoms with Crippen LogP contribution in [0.25, 0.3) is 0 Å². The zero-order valence-electron chi connectivity index (χ0n) is 8.03. The lowest BCUT2D eigenvalue weighted by atomic mass is 9.99. The third kappa shape index (κ3) is 1.72. The number of hydrogen-bond donors (Lipinski definition) is 1. The molecule has 4 heteroatoms. The summed E-state index contributed by atoms with van der Waals surface area (Å²) in [5.74, 6) is 1.71. The third-order valence-electron chi connectivity index (χ3n) is 2.65. The highest BCUT2D eigenvalue weighted by Gasteiger charge is 2.19. The Balaban J connectivity index is 2.13. The van der Waals surface area contributed by atoms with E-state index in [0.29, 0.717) is 5.92 Å². The van der Waals surface area contributed by atoms with E-state index in [-0.39, 0.29) is 0 Å². The van der Waals surface area contributed by atoms with Gasteiger partial charge in [0.2, 0.25) is 0 Å². The lowest BCUT2D eigenvalue weighted by Crippen LogP contribution is -2.30. The number of piperidine rings is 1. The van der Waals surface area contributed by atoms with Crippen LogP contribution >= 0.6 is 0 Å². The van der Waals surface area contributed by atoms with Gasteiger partial charge in [-0.25, -0.2) is 0 Å². The molecule has 2 heterocycles. The zero-order chi connectivity index (χ0) is 9.10. The van der Waals surface area contributed by atoms with Crippen molar-refractivity contribution in [1.82, 2.24) is 20.1 Å². The summed E-state index contributed by atoms with van der Waals surface area (Å²) in [5.41, 5.74) is 0. The van der Waals surface area contributed by atoms with Crippen LogP contribution in [0.1, 0.15) is 31.5 Å². The lowest BCUT2D eigenvalue weighted by Gasteiger charge is -2.21. The van der Waals surface area contributed by atoms with Crippen molar-refractivity contribution in [3.63, 3.8) is 0 Å². The highest BCUT2D eigenvalue weighted by atomic mass is 15.3. The summed E-state index contributed by atoms with van der Waals surface area (Å²) in [5, 5.41) is 11.5. The van der Waals surface area contributed by atoms with Gasteiger partial charge in [0.1, 0.15) is 12.2 Å². The fraction of sp³-hybridized carbons (Fsp3) is 0.778. The fourth-order valence-electron chi connectivity index (χ4n) is 1.90. The van der Waals surface area contributed by atoms with Gasteiger partial charge in [-0.3, -0.25) is 0 Å². The van der Waals surface area contributed by atoms with E-state index >= 15 is 0 Å². The Morgan fingerprint density at radius 2 is 2.62 bits per heavy atom. The molecule has 1 aliphatic heterocycles. The first kappa shape index (κ1) is 8.69. The summed E-state index contributed by atoms with van der Waals surface area (Å²) < 4.78 is 2.14. The Morgan fingerprint density at radius 3 is 3.31 bits per heavy atom. The first-order valence-corrected chi connectivity index (χ1v) is 5.00. The minimum absolute atomic E-state index is 0.566. The maximum atomic E-state index is 4.18. The molecular formula is C9H16N4. The molecule has 1 aromatic heterocycles. The van der Waals surface area contributed by atoms with Gasteiger partial charge in [0.15, 0.2) is 0 Å². The molecule has 13 heavy (non-hydrogen) atoms. The van der Waals surface area contributed by atoms with Crippen LogP contribution < -0.4 is 5.32 Å². The van der Waals surface area contributed by atoms with E-state index in [4.69, 9.17) is 0 Å². The van der Waals surface area contributed by atoms with E-state index in [0.717, 1.165) is 25.5 Å². The van der Waals surface area contributed by atoms with E-state index in [1.54, 1.807) is 0 Å². The molecule has 1 N–H and O–H groups in total. The maximum Gasteiger partial charge on any atom is 0.137 e. The Morgan fingerprint density at radius 1 is 1.69 bits per heavy atom. The van der Waals surface area contributed by atoms with Crippen molar-refractivity contribution >= 4 is 0 Å². The molecule has 0 bridgehead atoms. The Hall–Kier alpha value is -0.900. The molecule has 4 nitrogen and oxygen atoms in total. The predicted octanol–water partition coefficient (Wildman–Crippen LogP) is 0.765. The van der Waals surface area contributed by atoms with E-state index in [1.807, 2.05) is 6.33 Å². The summed E-state index contributed by atoms with van der Waals surface area (Å²) in [6.07, 6.45) is 4.32. The summed E-state index contributed by atoms with van der Waals surface area (Å²) in [6, 6.07) is 0. The zero-order valence-corrected chi connectivity index (χ0v) is 8.03. The van der Waals surface area contributed by atoms with Gasteiger partial charge >= 0.3 is 0 Å². The largest absolute Gasteiger partial charge is 0.318 e. The molecule has 2 rings (SSSR count). The molecule has 0 unspecified atom stereocenters. The minimum atomic E-state index is 0.566. The van der Waals surface area contributed by atoms with E-state index in [2.05, 4.69) is 27.0 Å². The van der Waals surface area contributed by atoms with Crippen molar-refractivity contribution in [1.29, 1.82) is 0 Å². The Labute approximate surface area is 78.4 Å². The highest BCUT2D eigenvalue weighted by Crippen LogP contribution is 2.20. The number of nitrogens with one attached hydrogen (secondary N) is 1. The maximum absolute atomic E-state index is 4.18. The summed E-state index contributed by atoms with van der Waals surface area (Å²) in [4.78, 5) is 0. The second-order valence-corrected chi connectivity index (χ2v) is 3.52. The van der Waals surface area contributed by atoms with Gasteiger partial charge in [0.25, 0.3) is 0 Å². The normalized spacial score (nSPS) is 23.3. The van der Waals surface area contributed by atoms with Crippen LogP contribution in [-0.4, -0.2) is 27.9 Å². The van der Waals surface area contributed by atoms with Crippen LogP contribution in [0.3, 0.4) is 0 Å². The molecular weight excluding hydrogens is 164 g/mol. The lowest BCUT2D eigenvalue weighted by molar-refractivity contribution is 0.433. The van der Waals surface area contributed by atoms with Gasteiger partial charge in [-0.05, 0) is 26.3 Å². The molecule has 72 valence electrons. The predicted molar refractivity (Wildman–Crippen MR) is 50.5 cm³/mol. The molecule has 0 amide bonds. The first-order valence-electron chi connectivity index (χ1n) is 5.00. The van der Waals surface area contributed by atoms with Crippen molar-refractivity contribution in [2.24, 2.45) is 0 Å². The van der Waals surface area contributed by atoms with Gasteiger partial charge in [-0.15, -0.1) is 10.2 Å². The van der Waals surface area contributed by atoms with Crippen LogP contribution in [0.15, 0.2) is 6.33 Å². The molecule has 0 aromatic carbocycles. The summed E-state index contributed by atoms with van der Waals surface area (Å²) >= 11 is 0. The molecule has 0 saturated carbocycles. The minimum Gasteiger partial charge on any atom is -0.318 e. The van der Waals surface area contributed by atoms with Crippen molar-refractivity contribution < 1.29 is 0 Å². The van der Waals surface area contributed by atoms with Crippen LogP contribution in [0.5, 0.6) is 0 Å². The molecule has 1 saturated heterocycles. The van der Waals surface area contributed by atoms with Crippen molar-refractivity contribution in [3.8, 4) is 0 Å². The number of nitrogens with zero attached hydrogens (tertiary/aromatic N) is 3. The second kappa shape index (κ2) is 3.87. The van der Waals surface area contributed by atoms with Gasteiger partial charge < -0.3 is 9.88 Å². The Bertz CT molecular complexity index is 262. The van der Waals surface area contributed by atoms with Gasteiger partial charge in [-0.2, -0.15) is 0 Å². The van der Waals surface area contributed by atoms with Crippen molar-refractivity contribution in [3.05, 3.63) is 12.2 Å². The fourth-order valence-corrected chi connectivity index (χ4v) is 1.90. The standard InChI is InChI=1S/C9H16N4/c1-2-13-7-11-12-9(13)8-4-3-5-10-6-8/h7-8,10H,2-6H2,1H3/t8-/m0/s1. The SMILES string of the molecule is CCn1cnnc1[C@H]1CCCNC1. The number of aromatic nitrogens is 3. The average Bonchev–Trinajstić information content (AvgIpc) is 2.67. The number of rotatable bonds is 2. The van der Waals surface area contributed by atoms with Gasteiger partial charge in [0.05, 0.1) is 0 Å². The molecule has 1 aliphatic rings. The second-order valence-electron chi connectivity index (χ2n) is 3.52. The third-order valence-corrected chi connectivity index (χ3v) is 2.65. The molecule has 1 aromatic rings. The molecule has 1 fully saturated rings. The van der Waals surface area contributed by atoms with Crippen LogP contribution in [0.4, 0.5) is 0 Å². The van der Waals surface area contributed by atoms with E-state index in [9.17, 15) is 0 Å². The van der Waals surface area contributed by atoms with Crippen LogP contribution in [0, 0.1) is 0 Å². The molecule has 0 spiro atoms. The molecule has 0 radical (unpaired) electrons. The van der Waals surface area contributed by atoms with E-state index in [1.165, 1.54) is 12.8 Å². The molecule has 1 atom stereocenters. The smallest absolute Gasteiger partial charge is 0.137 e. The summed E-state index contributed by atoms with van der Waals surface area (Å²) in [7, 11) is 0. The Kier molecular flexibility index (Phi) is 2.59. The van der Waals surface area contributed by atoms with Gasteiger partial charge in [-0.1, -0.05) is 0 Å². The first-order chi connectivity index (χ1) is 6.42. The number of aryl methyl sites for hydroxylation is 1. The van der Waals surface area contributed by atoms with Gasteiger partial charge in [0, 0.05) is 19.0 Å². The van der Waals surface area contributed by atoms with Crippen molar-refractivity contribution in [2.45, 2.75) is 32.2 Å². The average molecular weight is 180 g/mol. The monoisotopic (exact) mass is 180 g/mol. The molecule has 0 aliphatic carbocycles. The number of hydrogen-bond acceptors (Lipinski definition) is 3. The highest BCUT2D eigenvalue weighted by molar-refractivity contribution is 4.98. The quantitative estimate of drug-likeness (QED) is 0.731.